The number of carbonyl (C=O) groups is 1. The molecule has 4 fully saturated rings. The molecule has 0 aliphatic heterocycles. The van der Waals surface area contributed by atoms with Gasteiger partial charge in [-0.15, -0.1) is 0 Å². The molecule has 6 nitrogen and oxygen atoms in total. The molecule has 0 bridgehead atoms. The number of carboxylic acid groups (broad SMARTS) is 1. The maximum Gasteiger partial charge on any atom is 0.335 e. The van der Waals surface area contributed by atoms with Crippen molar-refractivity contribution in [3.05, 3.63) is 34.4 Å². The van der Waals surface area contributed by atoms with E-state index in [1.165, 1.54) is 6.07 Å². The molecule has 33 heavy (non-hydrogen) atoms. The van der Waals surface area contributed by atoms with Crippen molar-refractivity contribution in [2.45, 2.75) is 95.6 Å². The zero-order valence-electron chi connectivity index (χ0n) is 20.2. The standard InChI is InChI=1S/C27H39NO5/c1-24-11-8-18(26(3,28)23(30)31)14-17(24)5-6-21-20(24)9-12-25(2)19(10-13-27(21,25)32)16-4-7-22(29)33-15-16/h4,7,15,17-21,32H,5-6,8-14,28H2,1-3H3,(H,30,31)/t17-,18+,19-,20+,21-,24+,25-,26?,27+/m1/s1. The van der Waals surface area contributed by atoms with Gasteiger partial charge < -0.3 is 20.4 Å². The van der Waals surface area contributed by atoms with Gasteiger partial charge in [0.2, 0.25) is 0 Å². The number of hydrogen-bond acceptors (Lipinski definition) is 5. The monoisotopic (exact) mass is 457 g/mol. The fraction of sp³-hybridized carbons (Fsp3) is 0.778. The molecule has 0 spiro atoms. The number of nitrogens with two attached hydrogens (primary N) is 1. The van der Waals surface area contributed by atoms with Crippen molar-refractivity contribution in [3.8, 4) is 0 Å². The number of fused-ring (bicyclic) bond motifs is 5. The maximum atomic E-state index is 12.3. The van der Waals surface area contributed by atoms with Gasteiger partial charge in [-0.25, -0.2) is 4.79 Å². The predicted octanol–water partition coefficient (Wildman–Crippen LogP) is 4.30. The van der Waals surface area contributed by atoms with Gasteiger partial charge in [0.15, 0.2) is 0 Å². The highest BCUT2D eigenvalue weighted by molar-refractivity contribution is 5.78. The van der Waals surface area contributed by atoms with E-state index in [1.807, 2.05) is 6.07 Å². The molecule has 1 unspecified atom stereocenters. The molecule has 182 valence electrons. The number of aliphatic hydroxyl groups is 1. The van der Waals surface area contributed by atoms with Gasteiger partial charge in [-0.2, -0.15) is 0 Å². The zero-order chi connectivity index (χ0) is 23.8. The van der Waals surface area contributed by atoms with Crippen LogP contribution in [0.4, 0.5) is 0 Å². The molecule has 4 saturated carbocycles. The van der Waals surface area contributed by atoms with E-state index in [1.54, 1.807) is 13.2 Å². The topological polar surface area (TPSA) is 114 Å². The third kappa shape index (κ3) is 3.12. The van der Waals surface area contributed by atoms with Crippen molar-refractivity contribution in [2.75, 3.05) is 0 Å². The second kappa shape index (κ2) is 7.42. The van der Waals surface area contributed by atoms with Crippen LogP contribution < -0.4 is 11.4 Å². The van der Waals surface area contributed by atoms with Gasteiger partial charge in [-0.3, -0.25) is 4.79 Å². The van der Waals surface area contributed by atoms with Crippen LogP contribution in [0, 0.1) is 34.5 Å². The second-order valence-corrected chi connectivity index (χ2v) is 12.4. The first-order valence-corrected chi connectivity index (χ1v) is 12.8. The quantitative estimate of drug-likeness (QED) is 0.624. The summed E-state index contributed by atoms with van der Waals surface area (Å²) in [6, 6.07) is 3.38. The summed E-state index contributed by atoms with van der Waals surface area (Å²) in [5, 5.41) is 22.0. The van der Waals surface area contributed by atoms with Crippen molar-refractivity contribution < 1.29 is 19.4 Å². The second-order valence-electron chi connectivity index (χ2n) is 12.4. The third-order valence-electron chi connectivity index (χ3n) is 11.3. The molecule has 4 aliphatic rings. The number of hydrogen-bond donors (Lipinski definition) is 3. The molecule has 1 aromatic rings. The van der Waals surface area contributed by atoms with Crippen molar-refractivity contribution in [2.24, 2.45) is 40.2 Å². The van der Waals surface area contributed by atoms with E-state index in [-0.39, 0.29) is 34.2 Å². The van der Waals surface area contributed by atoms with Crippen LogP contribution in [0.3, 0.4) is 0 Å². The lowest BCUT2D eigenvalue weighted by Gasteiger charge is -2.64. The Kier molecular flexibility index (Phi) is 5.19. The molecule has 5 rings (SSSR count). The lowest BCUT2D eigenvalue weighted by Crippen LogP contribution is -2.63. The largest absolute Gasteiger partial charge is 0.480 e. The summed E-state index contributed by atoms with van der Waals surface area (Å²) < 4.78 is 5.19. The summed E-state index contributed by atoms with van der Waals surface area (Å²) in [7, 11) is 0. The van der Waals surface area contributed by atoms with Gasteiger partial charge in [-0.05, 0) is 111 Å². The zero-order valence-corrected chi connectivity index (χ0v) is 20.2. The van der Waals surface area contributed by atoms with Gasteiger partial charge >= 0.3 is 11.6 Å². The van der Waals surface area contributed by atoms with E-state index in [4.69, 9.17) is 10.2 Å². The van der Waals surface area contributed by atoms with Crippen LogP contribution in [-0.2, 0) is 4.79 Å². The predicted molar refractivity (Wildman–Crippen MR) is 125 cm³/mol. The van der Waals surface area contributed by atoms with Crippen molar-refractivity contribution in [3.63, 3.8) is 0 Å². The third-order valence-corrected chi connectivity index (χ3v) is 11.3. The van der Waals surface area contributed by atoms with Crippen LogP contribution in [0.2, 0.25) is 0 Å². The van der Waals surface area contributed by atoms with Gasteiger partial charge in [0.25, 0.3) is 0 Å². The van der Waals surface area contributed by atoms with Gasteiger partial charge in [0.05, 0.1) is 11.9 Å². The average Bonchev–Trinajstić information content (AvgIpc) is 3.05. The van der Waals surface area contributed by atoms with Gasteiger partial charge in [0, 0.05) is 11.5 Å². The molecule has 0 amide bonds. The van der Waals surface area contributed by atoms with E-state index < -0.39 is 17.1 Å². The Balaban J connectivity index is 1.41. The van der Waals surface area contributed by atoms with Crippen LogP contribution in [-0.4, -0.2) is 27.3 Å². The highest BCUT2D eigenvalue weighted by atomic mass is 16.4. The summed E-state index contributed by atoms with van der Waals surface area (Å²) in [5.41, 5.74) is 4.96. The summed E-state index contributed by atoms with van der Waals surface area (Å²) in [5.74, 6) is 0.484. The first-order valence-electron chi connectivity index (χ1n) is 12.8. The van der Waals surface area contributed by atoms with Crippen LogP contribution in [0.1, 0.15) is 90.0 Å². The molecule has 6 heteroatoms. The fourth-order valence-electron chi connectivity index (χ4n) is 9.05. The fourth-order valence-corrected chi connectivity index (χ4v) is 9.05. The lowest BCUT2D eigenvalue weighted by molar-refractivity contribution is -0.204. The summed E-state index contributed by atoms with van der Waals surface area (Å²) >= 11 is 0. The van der Waals surface area contributed by atoms with Gasteiger partial charge in [0.1, 0.15) is 5.54 Å². The average molecular weight is 458 g/mol. The Morgan fingerprint density at radius 2 is 1.85 bits per heavy atom. The first kappa shape index (κ1) is 23.1. The lowest BCUT2D eigenvalue weighted by atomic mass is 9.42. The van der Waals surface area contributed by atoms with Gasteiger partial charge in [-0.1, -0.05) is 13.8 Å². The van der Waals surface area contributed by atoms with Crippen LogP contribution in [0.15, 0.2) is 27.6 Å². The van der Waals surface area contributed by atoms with Crippen LogP contribution in [0.5, 0.6) is 0 Å². The van der Waals surface area contributed by atoms with E-state index >= 15 is 0 Å². The Hall–Kier alpha value is -1.66. The van der Waals surface area contributed by atoms with Crippen LogP contribution >= 0.6 is 0 Å². The molecule has 0 radical (unpaired) electrons. The number of rotatable bonds is 3. The summed E-state index contributed by atoms with van der Waals surface area (Å²) in [4.78, 5) is 23.3. The minimum atomic E-state index is -1.18. The Labute approximate surface area is 195 Å². The Morgan fingerprint density at radius 3 is 2.52 bits per heavy atom. The molecule has 1 heterocycles. The normalized spacial score (nSPS) is 46.5. The summed E-state index contributed by atoms with van der Waals surface area (Å²) in [6.45, 7) is 6.33. The smallest absolute Gasteiger partial charge is 0.335 e. The molecule has 1 aromatic heterocycles. The maximum absolute atomic E-state index is 12.3. The summed E-state index contributed by atoms with van der Waals surface area (Å²) in [6.07, 6.45) is 10.1. The molecule has 4 aliphatic carbocycles. The van der Waals surface area contributed by atoms with E-state index in [0.29, 0.717) is 11.8 Å². The number of carboxylic acids is 1. The SMILES string of the molecule is CC(N)(C(=O)O)[C@H]1CC[C@@]2(C)[C@H](CC[C@@H]3[C@@H]2CC[C@]2(C)[C@@H](c4ccc(=O)oc4)CC[C@]32O)C1. The molecule has 4 N–H and O–H groups in total. The Bertz CT molecular complexity index is 982. The van der Waals surface area contributed by atoms with Crippen molar-refractivity contribution >= 4 is 5.97 Å². The van der Waals surface area contributed by atoms with E-state index in [0.717, 1.165) is 63.4 Å². The first-order chi connectivity index (χ1) is 15.4. The molecular formula is C27H39NO5. The molecular weight excluding hydrogens is 418 g/mol. The molecule has 0 saturated heterocycles. The number of aliphatic carboxylic acids is 1. The van der Waals surface area contributed by atoms with Crippen LogP contribution in [0.25, 0.3) is 0 Å². The van der Waals surface area contributed by atoms with E-state index in [2.05, 4.69) is 13.8 Å². The molecule has 9 atom stereocenters. The highest BCUT2D eigenvalue weighted by Gasteiger charge is 2.67. The van der Waals surface area contributed by atoms with E-state index in [9.17, 15) is 19.8 Å². The van der Waals surface area contributed by atoms with Crippen molar-refractivity contribution in [1.82, 2.24) is 0 Å². The Morgan fingerprint density at radius 1 is 1.09 bits per heavy atom. The molecule has 0 aromatic carbocycles. The minimum Gasteiger partial charge on any atom is -0.480 e. The minimum absolute atomic E-state index is 0.00478. The van der Waals surface area contributed by atoms with Crippen molar-refractivity contribution in [1.29, 1.82) is 0 Å². The highest BCUT2D eigenvalue weighted by Crippen LogP contribution is 2.70.